The third-order valence-electron chi connectivity index (χ3n) is 2.92. The number of ether oxygens (including phenoxy) is 1. The van der Waals surface area contributed by atoms with Gasteiger partial charge in [0.1, 0.15) is 16.4 Å². The van der Waals surface area contributed by atoms with Gasteiger partial charge < -0.3 is 10.5 Å². The molecule has 5 nitrogen and oxygen atoms in total. The fourth-order valence-corrected chi connectivity index (χ4v) is 2.93. The molecule has 0 aliphatic heterocycles. The molecule has 3 N–H and O–H groups in total. The van der Waals surface area contributed by atoms with Gasteiger partial charge in [0.15, 0.2) is 0 Å². The molecule has 0 saturated carbocycles. The number of aryl methyl sites for hydroxylation is 1. The van der Waals surface area contributed by atoms with Crippen molar-refractivity contribution in [2.24, 2.45) is 0 Å². The Kier molecular flexibility index (Phi) is 4.55. The Labute approximate surface area is 132 Å². The van der Waals surface area contributed by atoms with Gasteiger partial charge in [-0.2, -0.15) is 0 Å². The lowest BCUT2D eigenvalue weighted by Crippen LogP contribution is -2.19. The molecule has 0 aromatic heterocycles. The van der Waals surface area contributed by atoms with E-state index < -0.39 is 10.0 Å². The molecular weight excluding hydrogens is 356 g/mol. The second-order valence-corrected chi connectivity index (χ2v) is 7.19. The van der Waals surface area contributed by atoms with E-state index >= 15 is 0 Å². The molecule has 0 bridgehead atoms. The quantitative estimate of drug-likeness (QED) is 0.810. The van der Waals surface area contributed by atoms with Crippen molar-refractivity contribution in [2.45, 2.75) is 11.8 Å². The highest BCUT2D eigenvalue weighted by Crippen LogP contribution is 2.31. The summed E-state index contributed by atoms with van der Waals surface area (Å²) >= 11 is 3.38. The lowest BCUT2D eigenvalue weighted by molar-refractivity contribution is 0.478. The second kappa shape index (κ2) is 6.05. The number of anilines is 1. The maximum Gasteiger partial charge on any atom is 0.242 e. The van der Waals surface area contributed by atoms with Crippen molar-refractivity contribution in [3.8, 4) is 11.5 Å². The molecule has 112 valence electrons. The molecule has 0 atom stereocenters. The summed E-state index contributed by atoms with van der Waals surface area (Å²) in [6.45, 7) is 1.92. The van der Waals surface area contributed by atoms with Crippen LogP contribution in [-0.4, -0.2) is 15.5 Å². The summed E-state index contributed by atoms with van der Waals surface area (Å²) < 4.78 is 32.4. The average Bonchev–Trinajstić information content (AvgIpc) is 2.43. The van der Waals surface area contributed by atoms with E-state index in [1.54, 1.807) is 6.07 Å². The molecule has 0 radical (unpaired) electrons. The molecular formula is C14H15BrN2O3S. The number of benzene rings is 2. The molecule has 0 heterocycles. The first-order valence-electron chi connectivity index (χ1n) is 6.10. The zero-order chi connectivity index (χ0) is 15.6. The fourth-order valence-electron chi connectivity index (χ4n) is 1.76. The number of rotatable bonds is 4. The number of hydrogen-bond acceptors (Lipinski definition) is 4. The lowest BCUT2D eigenvalue weighted by atomic mass is 10.2. The molecule has 2 aromatic carbocycles. The van der Waals surface area contributed by atoms with Gasteiger partial charge >= 0.3 is 0 Å². The van der Waals surface area contributed by atoms with Crippen molar-refractivity contribution < 1.29 is 13.2 Å². The van der Waals surface area contributed by atoms with Crippen LogP contribution < -0.4 is 15.2 Å². The van der Waals surface area contributed by atoms with Crippen LogP contribution in [0.3, 0.4) is 0 Å². The molecule has 0 unspecified atom stereocenters. The van der Waals surface area contributed by atoms with E-state index in [0.29, 0.717) is 11.5 Å². The summed E-state index contributed by atoms with van der Waals surface area (Å²) in [4.78, 5) is 0.0308. The summed E-state index contributed by atoms with van der Waals surface area (Å²) in [5, 5.41) is 0. The Hall–Kier alpha value is -1.57. The predicted molar refractivity (Wildman–Crippen MR) is 86.1 cm³/mol. The van der Waals surface area contributed by atoms with E-state index in [1.807, 2.05) is 25.1 Å². The molecule has 0 spiro atoms. The van der Waals surface area contributed by atoms with Gasteiger partial charge in [0, 0.05) is 10.5 Å². The van der Waals surface area contributed by atoms with Crippen molar-refractivity contribution in [2.75, 3.05) is 12.8 Å². The minimum absolute atomic E-state index is 0.0308. The minimum Gasteiger partial charge on any atom is -0.457 e. The van der Waals surface area contributed by atoms with Crippen LogP contribution in [0, 0.1) is 6.92 Å². The van der Waals surface area contributed by atoms with Crippen LogP contribution in [0.1, 0.15) is 5.56 Å². The molecule has 0 saturated heterocycles. The highest BCUT2D eigenvalue weighted by Gasteiger charge is 2.16. The van der Waals surface area contributed by atoms with Crippen LogP contribution in [0.25, 0.3) is 0 Å². The van der Waals surface area contributed by atoms with Gasteiger partial charge in [0.05, 0.1) is 5.69 Å². The van der Waals surface area contributed by atoms with E-state index in [0.717, 1.165) is 10.0 Å². The van der Waals surface area contributed by atoms with Crippen molar-refractivity contribution >= 4 is 31.6 Å². The van der Waals surface area contributed by atoms with Gasteiger partial charge in [-0.25, -0.2) is 13.1 Å². The van der Waals surface area contributed by atoms with E-state index in [-0.39, 0.29) is 10.6 Å². The van der Waals surface area contributed by atoms with Crippen LogP contribution in [0.5, 0.6) is 11.5 Å². The maximum atomic E-state index is 11.8. The Morgan fingerprint density at radius 2 is 1.90 bits per heavy atom. The molecule has 2 rings (SSSR count). The zero-order valence-corrected chi connectivity index (χ0v) is 14.0. The van der Waals surface area contributed by atoms with Gasteiger partial charge in [-0.15, -0.1) is 0 Å². The van der Waals surface area contributed by atoms with Crippen molar-refractivity contribution in [3.63, 3.8) is 0 Å². The Balaban J connectivity index is 2.35. The van der Waals surface area contributed by atoms with Crippen molar-refractivity contribution in [3.05, 3.63) is 46.4 Å². The van der Waals surface area contributed by atoms with E-state index in [1.165, 1.54) is 19.2 Å². The fraction of sp³-hybridized carbons (Fsp3) is 0.143. The standard InChI is InChI=1S/C14H15BrN2O3S/c1-9-3-4-10(15)7-13(9)20-11-5-6-14(12(16)8-11)21(18,19)17-2/h3-8,17H,16H2,1-2H3. The third-order valence-corrected chi connectivity index (χ3v) is 4.90. The average molecular weight is 371 g/mol. The molecule has 0 aliphatic rings. The normalized spacial score (nSPS) is 11.4. The summed E-state index contributed by atoms with van der Waals surface area (Å²) in [6.07, 6.45) is 0. The van der Waals surface area contributed by atoms with Crippen LogP contribution in [0.15, 0.2) is 45.8 Å². The van der Waals surface area contributed by atoms with E-state index in [4.69, 9.17) is 10.5 Å². The highest BCUT2D eigenvalue weighted by molar-refractivity contribution is 9.10. The summed E-state index contributed by atoms with van der Waals surface area (Å²) in [5.41, 5.74) is 6.89. The van der Waals surface area contributed by atoms with E-state index in [2.05, 4.69) is 20.7 Å². The largest absolute Gasteiger partial charge is 0.457 e. The Morgan fingerprint density at radius 3 is 2.52 bits per heavy atom. The summed E-state index contributed by atoms with van der Waals surface area (Å²) in [6, 6.07) is 10.2. The van der Waals surface area contributed by atoms with Crippen LogP contribution in [0.2, 0.25) is 0 Å². The number of sulfonamides is 1. The SMILES string of the molecule is CNS(=O)(=O)c1ccc(Oc2cc(Br)ccc2C)cc1N. The number of hydrogen-bond donors (Lipinski definition) is 2. The number of nitrogen functional groups attached to an aromatic ring is 1. The number of nitrogens with one attached hydrogen (secondary N) is 1. The smallest absolute Gasteiger partial charge is 0.242 e. The molecule has 0 aliphatic carbocycles. The molecule has 0 amide bonds. The van der Waals surface area contributed by atoms with Crippen molar-refractivity contribution in [1.29, 1.82) is 0 Å². The molecule has 0 fully saturated rings. The Morgan fingerprint density at radius 1 is 1.19 bits per heavy atom. The van der Waals surface area contributed by atoms with Gasteiger partial charge in [0.2, 0.25) is 10.0 Å². The van der Waals surface area contributed by atoms with Crippen LogP contribution in [0.4, 0.5) is 5.69 Å². The van der Waals surface area contributed by atoms with Crippen molar-refractivity contribution in [1.82, 2.24) is 4.72 Å². The predicted octanol–water partition coefficient (Wildman–Crippen LogP) is 3.04. The third kappa shape index (κ3) is 3.55. The van der Waals surface area contributed by atoms with Gasteiger partial charge in [-0.3, -0.25) is 0 Å². The zero-order valence-electron chi connectivity index (χ0n) is 11.6. The first-order chi connectivity index (χ1) is 9.83. The first kappa shape index (κ1) is 15.8. The number of nitrogens with two attached hydrogens (primary N) is 1. The minimum atomic E-state index is -3.57. The topological polar surface area (TPSA) is 81.4 Å². The first-order valence-corrected chi connectivity index (χ1v) is 8.38. The summed E-state index contributed by atoms with van der Waals surface area (Å²) in [5.74, 6) is 1.15. The molecule has 7 heteroatoms. The number of halogens is 1. The van der Waals surface area contributed by atoms with Crippen LogP contribution >= 0.6 is 15.9 Å². The monoisotopic (exact) mass is 370 g/mol. The van der Waals surface area contributed by atoms with E-state index in [9.17, 15) is 8.42 Å². The molecule has 2 aromatic rings. The van der Waals surface area contributed by atoms with Gasteiger partial charge in [0.25, 0.3) is 0 Å². The Bertz CT molecular complexity index is 776. The van der Waals surface area contributed by atoms with Gasteiger partial charge in [-0.1, -0.05) is 22.0 Å². The molecule has 21 heavy (non-hydrogen) atoms. The lowest BCUT2D eigenvalue weighted by Gasteiger charge is -2.11. The van der Waals surface area contributed by atoms with Crippen LogP contribution in [-0.2, 0) is 10.0 Å². The van der Waals surface area contributed by atoms with Gasteiger partial charge in [-0.05, 0) is 43.8 Å². The summed E-state index contributed by atoms with van der Waals surface area (Å²) in [7, 11) is -2.23. The second-order valence-electron chi connectivity index (χ2n) is 4.42. The maximum absolute atomic E-state index is 11.8. The highest BCUT2D eigenvalue weighted by atomic mass is 79.9.